The highest BCUT2D eigenvalue weighted by molar-refractivity contribution is 5.29. The Kier molecular flexibility index (Phi) is 5.25. The maximum absolute atomic E-state index is 12.4. The SMILES string of the molecule is Cc1cc(C#N)cnc1F.Cc1cc(C#N)cnc1F. The standard InChI is InChI=1S/2C7H5FN2/c2*1-5-2-6(3-9)4-10-7(5)8/h2*2,4H,1H3. The van der Waals surface area contributed by atoms with Gasteiger partial charge in [0.25, 0.3) is 0 Å². The zero-order valence-electron chi connectivity index (χ0n) is 10.9. The Balaban J connectivity index is 0.000000200. The summed E-state index contributed by atoms with van der Waals surface area (Å²) < 4.78 is 24.8. The van der Waals surface area contributed by atoms with Gasteiger partial charge in [0.15, 0.2) is 0 Å². The van der Waals surface area contributed by atoms with E-state index in [1.54, 1.807) is 13.8 Å². The van der Waals surface area contributed by atoms with Crippen LogP contribution in [0.15, 0.2) is 24.5 Å². The van der Waals surface area contributed by atoms with Gasteiger partial charge in [0.2, 0.25) is 11.9 Å². The van der Waals surface area contributed by atoms with Gasteiger partial charge in [-0.3, -0.25) is 0 Å². The molecule has 0 radical (unpaired) electrons. The summed E-state index contributed by atoms with van der Waals surface area (Å²) in [6.45, 7) is 3.15. The number of hydrogen-bond acceptors (Lipinski definition) is 4. The zero-order valence-corrected chi connectivity index (χ0v) is 10.9. The van der Waals surface area contributed by atoms with Gasteiger partial charge in [0.05, 0.1) is 11.1 Å². The molecule has 0 saturated heterocycles. The van der Waals surface area contributed by atoms with Crippen LogP contribution < -0.4 is 0 Å². The Bertz CT molecular complexity index is 638. The van der Waals surface area contributed by atoms with Crippen molar-refractivity contribution in [2.45, 2.75) is 13.8 Å². The summed E-state index contributed by atoms with van der Waals surface area (Å²) >= 11 is 0. The van der Waals surface area contributed by atoms with Gasteiger partial charge in [-0.15, -0.1) is 0 Å². The Morgan fingerprint density at radius 2 is 1.20 bits per heavy atom. The van der Waals surface area contributed by atoms with Crippen molar-refractivity contribution in [3.05, 3.63) is 58.7 Å². The maximum atomic E-state index is 12.4. The molecule has 0 unspecified atom stereocenters. The van der Waals surface area contributed by atoms with Gasteiger partial charge in [0.1, 0.15) is 12.1 Å². The van der Waals surface area contributed by atoms with Crippen molar-refractivity contribution in [1.82, 2.24) is 9.97 Å². The number of nitriles is 2. The summed E-state index contributed by atoms with van der Waals surface area (Å²) in [5.41, 5.74) is 1.58. The third-order valence-electron chi connectivity index (χ3n) is 2.29. The molecular formula is C14H10F2N4. The number of rotatable bonds is 0. The number of nitrogens with zero attached hydrogens (tertiary/aromatic N) is 4. The fourth-order valence-electron chi connectivity index (χ4n) is 1.24. The van der Waals surface area contributed by atoms with E-state index in [0.717, 1.165) is 0 Å². The first kappa shape index (κ1) is 15.2. The molecule has 100 valence electrons. The second-order valence-electron chi connectivity index (χ2n) is 3.89. The molecule has 0 fully saturated rings. The highest BCUT2D eigenvalue weighted by atomic mass is 19.1. The first-order chi connectivity index (χ1) is 9.47. The van der Waals surface area contributed by atoms with Crippen LogP contribution in [0.1, 0.15) is 22.3 Å². The van der Waals surface area contributed by atoms with Gasteiger partial charge < -0.3 is 0 Å². The third kappa shape index (κ3) is 4.11. The number of hydrogen-bond donors (Lipinski definition) is 0. The van der Waals surface area contributed by atoms with Crippen molar-refractivity contribution in [2.75, 3.05) is 0 Å². The molecule has 0 aliphatic heterocycles. The summed E-state index contributed by atoms with van der Waals surface area (Å²) in [6, 6.07) is 6.65. The van der Waals surface area contributed by atoms with Crippen LogP contribution in [0.25, 0.3) is 0 Å². The Labute approximate surface area is 115 Å². The molecule has 2 aromatic rings. The lowest BCUT2D eigenvalue weighted by molar-refractivity contribution is 0.573. The predicted octanol–water partition coefficient (Wildman–Crippen LogP) is 2.80. The lowest BCUT2D eigenvalue weighted by Crippen LogP contribution is -1.88. The van der Waals surface area contributed by atoms with Gasteiger partial charge in [0, 0.05) is 23.5 Å². The van der Waals surface area contributed by atoms with Crippen LogP contribution in [0.3, 0.4) is 0 Å². The molecule has 2 aromatic heterocycles. The van der Waals surface area contributed by atoms with Gasteiger partial charge in [-0.2, -0.15) is 19.3 Å². The van der Waals surface area contributed by atoms with E-state index >= 15 is 0 Å². The van der Waals surface area contributed by atoms with Crippen LogP contribution in [0.5, 0.6) is 0 Å². The molecule has 0 amide bonds. The highest BCUT2D eigenvalue weighted by Crippen LogP contribution is 2.04. The van der Waals surface area contributed by atoms with Gasteiger partial charge >= 0.3 is 0 Å². The molecule has 0 aromatic carbocycles. The van der Waals surface area contributed by atoms with E-state index in [4.69, 9.17) is 10.5 Å². The molecule has 0 N–H and O–H groups in total. The van der Waals surface area contributed by atoms with Crippen molar-refractivity contribution in [3.63, 3.8) is 0 Å². The molecule has 2 rings (SSSR count). The fourth-order valence-corrected chi connectivity index (χ4v) is 1.24. The van der Waals surface area contributed by atoms with Crippen LogP contribution >= 0.6 is 0 Å². The third-order valence-corrected chi connectivity index (χ3v) is 2.29. The summed E-state index contributed by atoms with van der Waals surface area (Å²) in [6.07, 6.45) is 2.42. The zero-order chi connectivity index (χ0) is 15.1. The van der Waals surface area contributed by atoms with E-state index in [9.17, 15) is 8.78 Å². The van der Waals surface area contributed by atoms with E-state index in [0.29, 0.717) is 22.3 Å². The average Bonchev–Trinajstić information content (AvgIpc) is 2.45. The minimum absolute atomic E-state index is 0.388. The minimum atomic E-state index is -0.515. The van der Waals surface area contributed by atoms with Crippen molar-refractivity contribution in [1.29, 1.82) is 10.5 Å². The van der Waals surface area contributed by atoms with E-state index in [-0.39, 0.29) is 0 Å². The van der Waals surface area contributed by atoms with Crippen LogP contribution in [0.2, 0.25) is 0 Å². The highest BCUT2D eigenvalue weighted by Gasteiger charge is 1.98. The second kappa shape index (κ2) is 6.91. The van der Waals surface area contributed by atoms with Crippen molar-refractivity contribution in [3.8, 4) is 12.1 Å². The maximum Gasteiger partial charge on any atom is 0.215 e. The fraction of sp³-hybridized carbons (Fsp3) is 0.143. The largest absolute Gasteiger partial charge is 0.227 e. The number of aromatic nitrogens is 2. The molecule has 0 bridgehead atoms. The Morgan fingerprint density at radius 1 is 0.850 bits per heavy atom. The molecule has 4 nitrogen and oxygen atoms in total. The lowest BCUT2D eigenvalue weighted by Gasteiger charge is -1.92. The number of aryl methyl sites for hydroxylation is 2. The average molecular weight is 272 g/mol. The Hall–Kier alpha value is -2.86. The quantitative estimate of drug-likeness (QED) is 0.691. The molecule has 0 spiro atoms. The van der Waals surface area contributed by atoms with E-state index < -0.39 is 11.9 Å². The van der Waals surface area contributed by atoms with Crippen molar-refractivity contribution < 1.29 is 8.78 Å². The van der Waals surface area contributed by atoms with E-state index in [1.807, 2.05) is 12.1 Å². The summed E-state index contributed by atoms with van der Waals surface area (Å²) in [5.74, 6) is -1.03. The summed E-state index contributed by atoms with van der Waals surface area (Å²) in [7, 11) is 0. The van der Waals surface area contributed by atoms with Gasteiger partial charge in [-0.25, -0.2) is 9.97 Å². The first-order valence-corrected chi connectivity index (χ1v) is 5.52. The Morgan fingerprint density at radius 3 is 1.45 bits per heavy atom. The molecule has 0 aliphatic carbocycles. The van der Waals surface area contributed by atoms with Crippen LogP contribution in [0, 0.1) is 48.4 Å². The van der Waals surface area contributed by atoms with E-state index in [2.05, 4.69) is 9.97 Å². The normalized spacial score (nSPS) is 8.90. The van der Waals surface area contributed by atoms with Gasteiger partial charge in [-0.05, 0) is 26.0 Å². The summed E-state index contributed by atoms with van der Waals surface area (Å²) in [4.78, 5) is 6.72. The molecule has 0 aliphatic rings. The summed E-state index contributed by atoms with van der Waals surface area (Å²) in [5, 5.41) is 16.7. The topological polar surface area (TPSA) is 73.4 Å². The molecular weight excluding hydrogens is 262 g/mol. The predicted molar refractivity (Wildman–Crippen MR) is 67.3 cm³/mol. The molecule has 0 saturated carbocycles. The van der Waals surface area contributed by atoms with Crippen molar-refractivity contribution >= 4 is 0 Å². The smallest absolute Gasteiger partial charge is 0.215 e. The van der Waals surface area contributed by atoms with Crippen LogP contribution in [-0.4, -0.2) is 9.97 Å². The van der Waals surface area contributed by atoms with E-state index in [1.165, 1.54) is 24.5 Å². The minimum Gasteiger partial charge on any atom is -0.227 e. The van der Waals surface area contributed by atoms with Crippen molar-refractivity contribution in [2.24, 2.45) is 0 Å². The van der Waals surface area contributed by atoms with Crippen LogP contribution in [-0.2, 0) is 0 Å². The van der Waals surface area contributed by atoms with Crippen LogP contribution in [0.4, 0.5) is 8.78 Å². The monoisotopic (exact) mass is 272 g/mol. The molecule has 6 heteroatoms. The molecule has 2 heterocycles. The molecule has 0 atom stereocenters. The molecule has 20 heavy (non-hydrogen) atoms. The lowest BCUT2D eigenvalue weighted by atomic mass is 10.2. The first-order valence-electron chi connectivity index (χ1n) is 5.52. The number of pyridine rings is 2. The number of halogens is 2. The second-order valence-corrected chi connectivity index (χ2v) is 3.89. The van der Waals surface area contributed by atoms with Gasteiger partial charge in [-0.1, -0.05) is 0 Å².